The quantitative estimate of drug-likeness (QED) is 0.291. The lowest BCUT2D eigenvalue weighted by molar-refractivity contribution is -0.121. The monoisotopic (exact) mass is 483 g/mol. The Kier molecular flexibility index (Phi) is 10.1. The first kappa shape index (κ1) is 25.4. The molecule has 3 rings (SSSR count). The fourth-order valence-electron chi connectivity index (χ4n) is 3.43. The number of anilines is 1. The number of unbranched alkanes of at least 4 members (excludes halogenated alkanes) is 1. The Labute approximate surface area is 204 Å². The van der Waals surface area contributed by atoms with E-state index >= 15 is 0 Å². The second-order valence-corrected chi connectivity index (χ2v) is 8.29. The predicted octanol–water partition coefficient (Wildman–Crippen LogP) is 3.84. The van der Waals surface area contributed by atoms with Gasteiger partial charge in [0, 0.05) is 23.2 Å². The maximum absolute atomic E-state index is 12.4. The maximum atomic E-state index is 12.4. The smallest absolute Gasteiger partial charge is 0.412 e. The second-order valence-electron chi connectivity index (χ2n) is 7.88. The van der Waals surface area contributed by atoms with Crippen molar-refractivity contribution in [1.82, 2.24) is 15.6 Å². The van der Waals surface area contributed by atoms with E-state index in [1.807, 2.05) is 48.5 Å². The van der Waals surface area contributed by atoms with Crippen LogP contribution in [-0.2, 0) is 16.1 Å². The van der Waals surface area contributed by atoms with Gasteiger partial charge in [0.2, 0.25) is 5.91 Å². The molecule has 1 heterocycles. The summed E-state index contributed by atoms with van der Waals surface area (Å²) in [6, 6.07) is 16.7. The number of halogens is 1. The minimum Gasteiger partial charge on any atom is -0.447 e. The number of pyridine rings is 1. The third-order valence-electron chi connectivity index (χ3n) is 5.21. The number of nitrogens with one attached hydrogen (secondary N) is 3. The van der Waals surface area contributed by atoms with Gasteiger partial charge in [0.15, 0.2) is 0 Å². The number of ether oxygens (including phenoxy) is 1. The molecule has 2 aromatic carbocycles. The number of hydrogen-bond acceptors (Lipinski definition) is 6. The second kappa shape index (κ2) is 13.5. The minimum atomic E-state index is -0.627. The SMILES string of the molecule is NCCCC[C@@H](COC(=O)Nc1cc2ccccc2cn1)NC(=O)CNCc1ccccc1Cl. The molecule has 0 saturated heterocycles. The fourth-order valence-corrected chi connectivity index (χ4v) is 3.63. The number of fused-ring (bicyclic) bond motifs is 1. The van der Waals surface area contributed by atoms with Gasteiger partial charge in [-0.2, -0.15) is 0 Å². The summed E-state index contributed by atoms with van der Waals surface area (Å²) in [5.74, 6) is 0.209. The minimum absolute atomic E-state index is 0.0419. The number of nitrogens with zero attached hydrogens (tertiary/aromatic N) is 1. The molecule has 9 heteroatoms. The first-order valence-corrected chi connectivity index (χ1v) is 11.6. The lowest BCUT2D eigenvalue weighted by Gasteiger charge is -2.19. The van der Waals surface area contributed by atoms with E-state index in [-0.39, 0.29) is 25.1 Å². The Balaban J connectivity index is 1.47. The summed E-state index contributed by atoms with van der Waals surface area (Å²) in [7, 11) is 0. The molecule has 5 N–H and O–H groups in total. The van der Waals surface area contributed by atoms with E-state index in [1.54, 1.807) is 12.3 Å². The first-order valence-electron chi connectivity index (χ1n) is 11.3. The van der Waals surface area contributed by atoms with Crippen LogP contribution in [0.25, 0.3) is 10.8 Å². The van der Waals surface area contributed by atoms with Gasteiger partial charge < -0.3 is 21.1 Å². The van der Waals surface area contributed by atoms with Crippen molar-refractivity contribution in [3.05, 3.63) is 71.4 Å². The van der Waals surface area contributed by atoms with Crippen LogP contribution in [0.1, 0.15) is 24.8 Å². The molecule has 3 aromatic rings. The highest BCUT2D eigenvalue weighted by atomic mass is 35.5. The summed E-state index contributed by atoms with van der Waals surface area (Å²) < 4.78 is 5.37. The van der Waals surface area contributed by atoms with Gasteiger partial charge in [-0.15, -0.1) is 0 Å². The van der Waals surface area contributed by atoms with Gasteiger partial charge in [0.1, 0.15) is 12.4 Å². The Morgan fingerprint density at radius 1 is 1.06 bits per heavy atom. The van der Waals surface area contributed by atoms with Gasteiger partial charge >= 0.3 is 6.09 Å². The van der Waals surface area contributed by atoms with Gasteiger partial charge in [-0.05, 0) is 42.5 Å². The van der Waals surface area contributed by atoms with Gasteiger partial charge in [-0.1, -0.05) is 60.5 Å². The van der Waals surface area contributed by atoms with Crippen molar-refractivity contribution >= 4 is 40.2 Å². The lowest BCUT2D eigenvalue weighted by Crippen LogP contribution is -2.43. The lowest BCUT2D eigenvalue weighted by atomic mass is 10.1. The van der Waals surface area contributed by atoms with Crippen molar-refractivity contribution in [3.8, 4) is 0 Å². The Hall–Kier alpha value is -3.20. The molecule has 0 fully saturated rings. The van der Waals surface area contributed by atoms with Crippen molar-refractivity contribution in [2.24, 2.45) is 5.73 Å². The largest absolute Gasteiger partial charge is 0.447 e. The molecule has 180 valence electrons. The number of benzene rings is 2. The van der Waals surface area contributed by atoms with E-state index < -0.39 is 6.09 Å². The average molecular weight is 484 g/mol. The van der Waals surface area contributed by atoms with Crippen LogP contribution < -0.4 is 21.7 Å². The van der Waals surface area contributed by atoms with Crippen molar-refractivity contribution in [3.63, 3.8) is 0 Å². The molecule has 0 saturated carbocycles. The highest BCUT2D eigenvalue weighted by Crippen LogP contribution is 2.16. The molecular formula is C25H30ClN5O3. The standard InChI is InChI=1S/C25H30ClN5O3/c26-22-11-4-3-9-20(22)14-28-16-24(32)30-21(10-5-6-12-27)17-34-25(33)31-23-13-18-7-1-2-8-19(18)15-29-23/h1-4,7-9,11,13,15,21,28H,5-6,10,12,14,16-17,27H2,(H,30,32)(H,29,31,33)/t21-/m0/s1. The molecule has 0 aliphatic carbocycles. The Bertz CT molecular complexity index is 1090. The van der Waals surface area contributed by atoms with Crippen molar-refractivity contribution in [2.75, 3.05) is 25.0 Å². The van der Waals surface area contributed by atoms with Crippen molar-refractivity contribution in [2.45, 2.75) is 31.8 Å². The molecule has 0 aliphatic rings. The van der Waals surface area contributed by atoms with E-state index in [0.717, 1.165) is 29.2 Å². The summed E-state index contributed by atoms with van der Waals surface area (Å²) in [6.45, 7) is 1.20. The Morgan fingerprint density at radius 3 is 2.62 bits per heavy atom. The van der Waals surface area contributed by atoms with Crippen LogP contribution in [0.15, 0.2) is 60.8 Å². The van der Waals surface area contributed by atoms with Gasteiger partial charge in [-0.3, -0.25) is 10.1 Å². The first-order chi connectivity index (χ1) is 16.5. The molecule has 2 amide bonds. The zero-order valence-corrected chi connectivity index (χ0v) is 19.7. The summed E-state index contributed by atoms with van der Waals surface area (Å²) in [6.07, 6.45) is 3.35. The van der Waals surface area contributed by atoms with Gasteiger partial charge in [0.05, 0.1) is 12.6 Å². The summed E-state index contributed by atoms with van der Waals surface area (Å²) in [5.41, 5.74) is 6.50. The molecule has 34 heavy (non-hydrogen) atoms. The number of amides is 2. The summed E-state index contributed by atoms with van der Waals surface area (Å²) in [5, 5.41) is 11.2. The van der Waals surface area contributed by atoms with Crippen LogP contribution in [0, 0.1) is 0 Å². The van der Waals surface area contributed by atoms with Crippen LogP contribution >= 0.6 is 11.6 Å². The fraction of sp³-hybridized carbons (Fsp3) is 0.320. The Morgan fingerprint density at radius 2 is 1.82 bits per heavy atom. The van der Waals surface area contributed by atoms with E-state index in [1.165, 1.54) is 0 Å². The van der Waals surface area contributed by atoms with Gasteiger partial charge in [-0.25, -0.2) is 9.78 Å². The molecule has 0 unspecified atom stereocenters. The predicted molar refractivity (Wildman–Crippen MR) is 135 cm³/mol. The van der Waals surface area contributed by atoms with Crippen LogP contribution in [0.2, 0.25) is 5.02 Å². The maximum Gasteiger partial charge on any atom is 0.412 e. The number of carbonyl (C=O) groups excluding carboxylic acids is 2. The van der Waals surface area contributed by atoms with Crippen LogP contribution in [-0.4, -0.2) is 42.7 Å². The molecule has 0 aliphatic heterocycles. The van der Waals surface area contributed by atoms with E-state index in [9.17, 15) is 9.59 Å². The molecule has 0 bridgehead atoms. The molecule has 0 spiro atoms. The zero-order chi connectivity index (χ0) is 24.2. The molecule has 8 nitrogen and oxygen atoms in total. The third kappa shape index (κ3) is 8.30. The summed E-state index contributed by atoms with van der Waals surface area (Å²) >= 11 is 6.14. The van der Waals surface area contributed by atoms with Crippen LogP contribution in [0.3, 0.4) is 0 Å². The van der Waals surface area contributed by atoms with Gasteiger partial charge in [0.25, 0.3) is 0 Å². The molecule has 1 atom stereocenters. The topological polar surface area (TPSA) is 118 Å². The van der Waals surface area contributed by atoms with E-state index in [4.69, 9.17) is 22.1 Å². The third-order valence-corrected chi connectivity index (χ3v) is 5.58. The normalized spacial score (nSPS) is 11.7. The molecular weight excluding hydrogens is 454 g/mol. The molecule has 1 aromatic heterocycles. The van der Waals surface area contributed by atoms with Crippen molar-refractivity contribution < 1.29 is 14.3 Å². The highest BCUT2D eigenvalue weighted by Gasteiger charge is 2.15. The summed E-state index contributed by atoms with van der Waals surface area (Å²) in [4.78, 5) is 29.0. The average Bonchev–Trinajstić information content (AvgIpc) is 2.83. The zero-order valence-electron chi connectivity index (χ0n) is 18.9. The number of carbonyl (C=O) groups is 2. The number of rotatable bonds is 12. The number of aromatic nitrogens is 1. The van der Waals surface area contributed by atoms with Crippen LogP contribution in [0.5, 0.6) is 0 Å². The van der Waals surface area contributed by atoms with E-state index in [0.29, 0.717) is 30.4 Å². The molecule has 0 radical (unpaired) electrons. The number of hydrogen-bond donors (Lipinski definition) is 4. The van der Waals surface area contributed by atoms with E-state index in [2.05, 4.69) is 20.9 Å². The van der Waals surface area contributed by atoms with Crippen LogP contribution in [0.4, 0.5) is 10.6 Å². The number of nitrogens with two attached hydrogens (primary N) is 1. The van der Waals surface area contributed by atoms with Crippen molar-refractivity contribution in [1.29, 1.82) is 0 Å². The highest BCUT2D eigenvalue weighted by molar-refractivity contribution is 6.31.